The summed E-state index contributed by atoms with van der Waals surface area (Å²) in [6, 6.07) is 12.4. The molecule has 21 heavy (non-hydrogen) atoms. The molecule has 0 spiro atoms. The van der Waals surface area contributed by atoms with Crippen LogP contribution in [0.2, 0.25) is 0 Å². The van der Waals surface area contributed by atoms with E-state index < -0.39 is 0 Å². The van der Waals surface area contributed by atoms with Crippen LogP contribution in [-0.4, -0.2) is 10.7 Å². The van der Waals surface area contributed by atoms with Gasteiger partial charge in [-0.2, -0.15) is 0 Å². The van der Waals surface area contributed by atoms with Crippen LogP contribution in [0.3, 0.4) is 0 Å². The van der Waals surface area contributed by atoms with Gasteiger partial charge in [0, 0.05) is 21.7 Å². The number of carbonyl (C=O) groups excluding carboxylic acids is 1. The van der Waals surface area contributed by atoms with E-state index in [1.54, 1.807) is 0 Å². The Balaban J connectivity index is 2.32. The second-order valence-corrected chi connectivity index (χ2v) is 6.08. The van der Waals surface area contributed by atoms with Crippen molar-refractivity contribution in [3.05, 3.63) is 63.9 Å². The number of aryl methyl sites for hydroxylation is 2. The van der Waals surface area contributed by atoms with Crippen LogP contribution in [0, 0.1) is 6.92 Å². The molecule has 0 radical (unpaired) electrons. The fourth-order valence-electron chi connectivity index (χ4n) is 2.62. The minimum atomic E-state index is 0.701. The molecule has 0 N–H and O–H groups in total. The summed E-state index contributed by atoms with van der Waals surface area (Å²) in [6.07, 6.45) is 3.94. The van der Waals surface area contributed by atoms with Gasteiger partial charge in [0.1, 0.15) is 0 Å². The first-order valence-electron chi connectivity index (χ1n) is 6.99. The molecule has 0 atom stereocenters. The molecule has 3 heteroatoms. The number of benzene rings is 1. The smallest absolute Gasteiger partial charge is 0.167 e. The van der Waals surface area contributed by atoms with E-state index in [4.69, 9.17) is 0 Å². The van der Waals surface area contributed by atoms with Gasteiger partial charge in [-0.15, -0.1) is 0 Å². The number of pyridine rings is 1. The maximum atomic E-state index is 11.6. The fraction of sp³-hybridized carbons (Fsp3) is 0.167. The number of aldehydes is 1. The molecule has 1 aromatic carbocycles. The lowest BCUT2D eigenvalue weighted by molar-refractivity contribution is 0.111. The summed E-state index contributed by atoms with van der Waals surface area (Å²) in [5.74, 6) is 0. The SMILES string of the molecule is CCc1ccc2cc(-c3cc(C)ccc3Br)c(C=O)n2c1. The third-order valence-electron chi connectivity index (χ3n) is 3.80. The van der Waals surface area contributed by atoms with Crippen molar-refractivity contribution in [1.82, 2.24) is 4.40 Å². The Morgan fingerprint density at radius 1 is 1.14 bits per heavy atom. The lowest BCUT2D eigenvalue weighted by Crippen LogP contribution is -1.94. The minimum absolute atomic E-state index is 0.701. The topological polar surface area (TPSA) is 21.5 Å². The van der Waals surface area contributed by atoms with Gasteiger partial charge in [0.2, 0.25) is 0 Å². The summed E-state index contributed by atoms with van der Waals surface area (Å²) in [6.45, 7) is 4.17. The Hall–Kier alpha value is -1.87. The maximum absolute atomic E-state index is 11.6. The summed E-state index contributed by atoms with van der Waals surface area (Å²) < 4.78 is 2.98. The van der Waals surface area contributed by atoms with Crippen molar-refractivity contribution in [1.29, 1.82) is 0 Å². The lowest BCUT2D eigenvalue weighted by atomic mass is 10.0. The number of fused-ring (bicyclic) bond motifs is 1. The third kappa shape index (κ3) is 2.42. The second-order valence-electron chi connectivity index (χ2n) is 5.23. The van der Waals surface area contributed by atoms with Crippen molar-refractivity contribution in [2.45, 2.75) is 20.3 Å². The maximum Gasteiger partial charge on any atom is 0.167 e. The van der Waals surface area contributed by atoms with Gasteiger partial charge in [0.15, 0.2) is 6.29 Å². The van der Waals surface area contributed by atoms with Crippen LogP contribution in [0.5, 0.6) is 0 Å². The number of carbonyl (C=O) groups is 1. The molecule has 2 aromatic heterocycles. The molecule has 0 unspecified atom stereocenters. The van der Waals surface area contributed by atoms with Gasteiger partial charge in [-0.25, -0.2) is 0 Å². The molecule has 0 amide bonds. The highest BCUT2D eigenvalue weighted by molar-refractivity contribution is 9.10. The molecule has 0 aliphatic heterocycles. The van der Waals surface area contributed by atoms with Gasteiger partial charge in [-0.05, 0) is 42.7 Å². The highest BCUT2D eigenvalue weighted by atomic mass is 79.9. The quantitative estimate of drug-likeness (QED) is 0.610. The Kier molecular flexibility index (Phi) is 3.68. The van der Waals surface area contributed by atoms with E-state index in [0.29, 0.717) is 5.69 Å². The third-order valence-corrected chi connectivity index (χ3v) is 4.49. The van der Waals surface area contributed by atoms with E-state index in [9.17, 15) is 4.79 Å². The monoisotopic (exact) mass is 341 g/mol. The minimum Gasteiger partial charge on any atom is -0.313 e. The number of aromatic nitrogens is 1. The van der Waals surface area contributed by atoms with Crippen LogP contribution >= 0.6 is 15.9 Å². The molecule has 3 rings (SSSR count). The molecule has 0 fully saturated rings. The van der Waals surface area contributed by atoms with E-state index >= 15 is 0 Å². The summed E-state index contributed by atoms with van der Waals surface area (Å²) >= 11 is 3.59. The van der Waals surface area contributed by atoms with Crippen LogP contribution < -0.4 is 0 Å². The molecular weight excluding hydrogens is 326 g/mol. The van der Waals surface area contributed by atoms with Crippen LogP contribution in [0.15, 0.2) is 47.1 Å². The standard InChI is InChI=1S/C18H16BrNO/c1-3-13-5-6-14-9-16(18(11-21)20(14)10-13)15-8-12(2)4-7-17(15)19/h4-11H,3H2,1-2H3. The van der Waals surface area contributed by atoms with Gasteiger partial charge >= 0.3 is 0 Å². The summed E-state index contributed by atoms with van der Waals surface area (Å²) in [5, 5.41) is 0. The normalized spacial score (nSPS) is 11.0. The molecule has 0 saturated carbocycles. The molecule has 2 nitrogen and oxygen atoms in total. The van der Waals surface area contributed by atoms with Gasteiger partial charge in [-0.1, -0.05) is 46.6 Å². The molecule has 0 aliphatic rings. The Labute approximate surface area is 132 Å². The Bertz CT molecular complexity index is 833. The van der Waals surface area contributed by atoms with Gasteiger partial charge in [0.05, 0.1) is 5.69 Å². The average molecular weight is 342 g/mol. The van der Waals surface area contributed by atoms with Crippen LogP contribution in [0.25, 0.3) is 16.6 Å². The summed E-state index contributed by atoms with van der Waals surface area (Å²) in [4.78, 5) is 11.6. The van der Waals surface area contributed by atoms with E-state index in [2.05, 4.69) is 60.1 Å². The van der Waals surface area contributed by atoms with Crippen molar-refractivity contribution < 1.29 is 4.79 Å². The Morgan fingerprint density at radius 2 is 1.95 bits per heavy atom. The van der Waals surface area contributed by atoms with Gasteiger partial charge in [0.25, 0.3) is 0 Å². The number of halogens is 1. The van der Waals surface area contributed by atoms with Crippen LogP contribution in [0.1, 0.15) is 28.5 Å². The van der Waals surface area contributed by atoms with Crippen LogP contribution in [-0.2, 0) is 6.42 Å². The van der Waals surface area contributed by atoms with Crippen LogP contribution in [0.4, 0.5) is 0 Å². The zero-order chi connectivity index (χ0) is 15.0. The fourth-order valence-corrected chi connectivity index (χ4v) is 3.08. The first-order valence-corrected chi connectivity index (χ1v) is 7.79. The zero-order valence-corrected chi connectivity index (χ0v) is 13.6. The predicted octanol–water partition coefficient (Wildman–Crippen LogP) is 5.05. The first-order chi connectivity index (χ1) is 10.1. The van der Waals surface area contributed by atoms with Crippen molar-refractivity contribution in [2.75, 3.05) is 0 Å². The summed E-state index contributed by atoms with van der Waals surface area (Å²) in [5.41, 5.74) is 6.16. The van der Waals surface area contributed by atoms with E-state index in [0.717, 1.165) is 33.8 Å². The van der Waals surface area contributed by atoms with Crippen molar-refractivity contribution >= 4 is 27.7 Å². The molecular formula is C18H16BrNO. The number of hydrogen-bond donors (Lipinski definition) is 0. The van der Waals surface area contributed by atoms with Gasteiger partial charge < -0.3 is 4.40 Å². The number of hydrogen-bond acceptors (Lipinski definition) is 1. The highest BCUT2D eigenvalue weighted by Crippen LogP contribution is 2.33. The molecule has 3 aromatic rings. The molecule has 106 valence electrons. The van der Waals surface area contributed by atoms with E-state index in [-0.39, 0.29) is 0 Å². The highest BCUT2D eigenvalue weighted by Gasteiger charge is 2.14. The first kappa shape index (κ1) is 14.1. The van der Waals surface area contributed by atoms with Crippen molar-refractivity contribution in [2.24, 2.45) is 0 Å². The van der Waals surface area contributed by atoms with Crippen molar-refractivity contribution in [3.8, 4) is 11.1 Å². The number of nitrogens with zero attached hydrogens (tertiary/aromatic N) is 1. The van der Waals surface area contributed by atoms with E-state index in [1.165, 1.54) is 11.1 Å². The van der Waals surface area contributed by atoms with E-state index in [1.807, 2.05) is 16.7 Å². The average Bonchev–Trinajstić information content (AvgIpc) is 2.86. The molecule has 2 heterocycles. The predicted molar refractivity (Wildman–Crippen MR) is 90.0 cm³/mol. The Morgan fingerprint density at radius 3 is 2.67 bits per heavy atom. The number of rotatable bonds is 3. The molecule has 0 bridgehead atoms. The van der Waals surface area contributed by atoms with Crippen molar-refractivity contribution in [3.63, 3.8) is 0 Å². The second kappa shape index (κ2) is 5.49. The molecule has 0 saturated heterocycles. The largest absolute Gasteiger partial charge is 0.313 e. The lowest BCUT2D eigenvalue weighted by Gasteiger charge is -2.06. The summed E-state index contributed by atoms with van der Waals surface area (Å²) in [7, 11) is 0. The zero-order valence-electron chi connectivity index (χ0n) is 12.1. The van der Waals surface area contributed by atoms with Gasteiger partial charge in [-0.3, -0.25) is 4.79 Å². The molecule has 0 aliphatic carbocycles.